The second-order valence-corrected chi connectivity index (χ2v) is 3.99. The van der Waals surface area contributed by atoms with E-state index in [1.807, 2.05) is 13.0 Å². The highest BCUT2D eigenvalue weighted by Gasteiger charge is 2.11. The Morgan fingerprint density at radius 2 is 1.94 bits per heavy atom. The third kappa shape index (κ3) is 3.05. The minimum atomic E-state index is -0.703. The monoisotopic (exact) mass is 244 g/mol. The Morgan fingerprint density at radius 1 is 1.17 bits per heavy atom. The Labute approximate surface area is 106 Å². The summed E-state index contributed by atoms with van der Waals surface area (Å²) in [5.41, 5.74) is 1.51. The summed E-state index contributed by atoms with van der Waals surface area (Å²) in [6.45, 7) is 2.69. The first-order valence-corrected chi connectivity index (χ1v) is 5.97. The molecule has 2 aromatic rings. The molecule has 4 nitrogen and oxygen atoms in total. The van der Waals surface area contributed by atoms with Crippen LogP contribution in [-0.4, -0.2) is 21.7 Å². The summed E-state index contributed by atoms with van der Waals surface area (Å²) in [6, 6.07) is 5.38. The van der Waals surface area contributed by atoms with Crippen molar-refractivity contribution in [2.24, 2.45) is 0 Å². The molecule has 0 radical (unpaired) electrons. The Hall–Kier alpha value is -1.94. The Kier molecular flexibility index (Phi) is 4.25. The fourth-order valence-electron chi connectivity index (χ4n) is 1.62. The fraction of sp³-hybridized carbons (Fsp3) is 0.286. The normalized spacial score (nSPS) is 12.1. The molecule has 4 heteroatoms. The molecule has 0 amide bonds. The lowest BCUT2D eigenvalue weighted by atomic mass is 10.0. The zero-order valence-corrected chi connectivity index (χ0v) is 10.3. The minimum Gasteiger partial charge on any atom is -0.492 e. The molecular formula is C14H16N2O2. The summed E-state index contributed by atoms with van der Waals surface area (Å²) < 4.78 is 5.50. The molecule has 94 valence electrons. The van der Waals surface area contributed by atoms with E-state index in [0.717, 1.165) is 17.5 Å². The number of ether oxygens (including phenoxy) is 1. The van der Waals surface area contributed by atoms with Crippen LogP contribution in [0, 0.1) is 0 Å². The summed E-state index contributed by atoms with van der Waals surface area (Å²) in [5.74, 6) is 0.683. The highest BCUT2D eigenvalue weighted by Crippen LogP contribution is 2.23. The van der Waals surface area contributed by atoms with E-state index in [2.05, 4.69) is 9.97 Å². The van der Waals surface area contributed by atoms with Crippen LogP contribution in [0.3, 0.4) is 0 Å². The van der Waals surface area contributed by atoms with Gasteiger partial charge in [-0.1, -0.05) is 6.92 Å². The summed E-state index contributed by atoms with van der Waals surface area (Å²) >= 11 is 0. The van der Waals surface area contributed by atoms with E-state index in [1.54, 1.807) is 36.9 Å². The third-order valence-corrected chi connectivity index (χ3v) is 2.54. The molecular weight excluding hydrogens is 228 g/mol. The van der Waals surface area contributed by atoms with Gasteiger partial charge < -0.3 is 9.84 Å². The van der Waals surface area contributed by atoms with Crippen molar-refractivity contribution >= 4 is 0 Å². The Balaban J connectivity index is 2.17. The van der Waals surface area contributed by atoms with Gasteiger partial charge >= 0.3 is 0 Å². The quantitative estimate of drug-likeness (QED) is 0.877. The van der Waals surface area contributed by atoms with Crippen LogP contribution < -0.4 is 4.74 Å². The van der Waals surface area contributed by atoms with Crippen LogP contribution in [0.25, 0.3) is 0 Å². The Bertz CT molecular complexity index is 488. The number of nitrogens with zero attached hydrogens (tertiary/aromatic N) is 2. The van der Waals surface area contributed by atoms with Crippen LogP contribution >= 0.6 is 0 Å². The lowest BCUT2D eigenvalue weighted by Gasteiger charge is -2.12. The molecule has 0 aromatic carbocycles. The second-order valence-electron chi connectivity index (χ2n) is 3.99. The van der Waals surface area contributed by atoms with Crippen LogP contribution in [0.15, 0.2) is 43.0 Å². The van der Waals surface area contributed by atoms with Crippen LogP contribution in [0.5, 0.6) is 5.75 Å². The topological polar surface area (TPSA) is 55.2 Å². The molecule has 2 aromatic heterocycles. The van der Waals surface area contributed by atoms with Gasteiger partial charge in [-0.15, -0.1) is 0 Å². The lowest BCUT2D eigenvalue weighted by Crippen LogP contribution is -2.02. The summed E-state index contributed by atoms with van der Waals surface area (Å²) in [7, 11) is 0. The lowest BCUT2D eigenvalue weighted by molar-refractivity contribution is 0.218. The number of aliphatic hydroxyl groups is 1. The third-order valence-electron chi connectivity index (χ3n) is 2.54. The molecule has 0 bridgehead atoms. The smallest absolute Gasteiger partial charge is 0.137 e. The maximum atomic E-state index is 10.2. The average molecular weight is 244 g/mol. The van der Waals surface area contributed by atoms with E-state index in [0.29, 0.717) is 12.4 Å². The van der Waals surface area contributed by atoms with Gasteiger partial charge in [0.15, 0.2) is 0 Å². The van der Waals surface area contributed by atoms with Crippen LogP contribution in [0.2, 0.25) is 0 Å². The number of aliphatic hydroxyl groups excluding tert-OH is 1. The van der Waals surface area contributed by atoms with Crippen LogP contribution in [-0.2, 0) is 0 Å². The van der Waals surface area contributed by atoms with E-state index in [9.17, 15) is 5.11 Å². The van der Waals surface area contributed by atoms with E-state index in [4.69, 9.17) is 4.74 Å². The first kappa shape index (κ1) is 12.5. The first-order valence-electron chi connectivity index (χ1n) is 5.97. The van der Waals surface area contributed by atoms with Gasteiger partial charge in [0.1, 0.15) is 11.9 Å². The highest BCUT2D eigenvalue weighted by atomic mass is 16.5. The van der Waals surface area contributed by atoms with Gasteiger partial charge in [0.2, 0.25) is 0 Å². The van der Waals surface area contributed by atoms with E-state index in [-0.39, 0.29) is 0 Å². The number of hydrogen-bond acceptors (Lipinski definition) is 4. The van der Waals surface area contributed by atoms with Crippen LogP contribution in [0.1, 0.15) is 30.6 Å². The van der Waals surface area contributed by atoms with E-state index >= 15 is 0 Å². The summed E-state index contributed by atoms with van der Waals surface area (Å²) in [6.07, 6.45) is 6.84. The maximum absolute atomic E-state index is 10.2. The van der Waals surface area contributed by atoms with Crippen molar-refractivity contribution in [1.82, 2.24) is 9.97 Å². The second kappa shape index (κ2) is 6.12. The first-order chi connectivity index (χ1) is 8.81. The molecule has 1 unspecified atom stereocenters. The van der Waals surface area contributed by atoms with E-state index < -0.39 is 6.10 Å². The molecule has 0 saturated carbocycles. The van der Waals surface area contributed by atoms with Crippen molar-refractivity contribution in [3.63, 3.8) is 0 Å². The SMILES string of the molecule is CCCOc1cncc(C(O)c2ccncc2)c1. The standard InChI is InChI=1S/C14H16N2O2/c1-2-7-18-13-8-12(9-16-10-13)14(17)11-3-5-15-6-4-11/h3-6,8-10,14,17H,2,7H2,1H3. The maximum Gasteiger partial charge on any atom is 0.137 e. The van der Waals surface area contributed by atoms with Crippen molar-refractivity contribution in [1.29, 1.82) is 0 Å². The molecule has 0 fully saturated rings. The van der Waals surface area contributed by atoms with Gasteiger partial charge in [0.25, 0.3) is 0 Å². The largest absolute Gasteiger partial charge is 0.492 e. The fourth-order valence-corrected chi connectivity index (χ4v) is 1.62. The number of pyridine rings is 2. The molecule has 2 heterocycles. The Morgan fingerprint density at radius 3 is 2.67 bits per heavy atom. The predicted octanol–water partition coefficient (Wildman–Crippen LogP) is 2.35. The van der Waals surface area contributed by atoms with Gasteiger partial charge in [0.05, 0.1) is 12.8 Å². The summed E-state index contributed by atoms with van der Waals surface area (Å²) in [4.78, 5) is 8.01. The van der Waals surface area contributed by atoms with Crippen molar-refractivity contribution in [3.8, 4) is 5.75 Å². The molecule has 0 spiro atoms. The predicted molar refractivity (Wildman–Crippen MR) is 68.3 cm³/mol. The molecule has 0 aliphatic carbocycles. The molecule has 1 atom stereocenters. The molecule has 0 aliphatic rings. The average Bonchev–Trinajstić information content (AvgIpc) is 2.45. The molecule has 2 rings (SSSR count). The molecule has 0 aliphatic heterocycles. The van der Waals surface area contributed by atoms with Gasteiger partial charge in [-0.3, -0.25) is 9.97 Å². The van der Waals surface area contributed by atoms with Crippen molar-refractivity contribution < 1.29 is 9.84 Å². The zero-order chi connectivity index (χ0) is 12.8. The highest BCUT2D eigenvalue weighted by molar-refractivity contribution is 5.31. The van der Waals surface area contributed by atoms with Gasteiger partial charge in [-0.2, -0.15) is 0 Å². The van der Waals surface area contributed by atoms with Crippen molar-refractivity contribution in [2.45, 2.75) is 19.4 Å². The molecule has 18 heavy (non-hydrogen) atoms. The minimum absolute atomic E-state index is 0.649. The molecule has 0 saturated heterocycles. The van der Waals surface area contributed by atoms with Crippen molar-refractivity contribution in [3.05, 3.63) is 54.1 Å². The summed E-state index contributed by atoms with van der Waals surface area (Å²) in [5, 5.41) is 10.2. The number of aromatic nitrogens is 2. The van der Waals surface area contributed by atoms with Crippen molar-refractivity contribution in [2.75, 3.05) is 6.61 Å². The van der Waals surface area contributed by atoms with Gasteiger partial charge in [-0.25, -0.2) is 0 Å². The van der Waals surface area contributed by atoms with Gasteiger partial charge in [0, 0.05) is 24.2 Å². The molecule has 1 N–H and O–H groups in total. The van der Waals surface area contributed by atoms with E-state index in [1.165, 1.54) is 0 Å². The number of rotatable bonds is 5. The zero-order valence-electron chi connectivity index (χ0n) is 10.3. The van der Waals surface area contributed by atoms with Gasteiger partial charge in [-0.05, 0) is 30.2 Å². The van der Waals surface area contributed by atoms with Crippen LogP contribution in [0.4, 0.5) is 0 Å². The number of hydrogen-bond donors (Lipinski definition) is 1.